The first-order valence-electron chi connectivity index (χ1n) is 8.50. The molecule has 0 spiro atoms. The van der Waals surface area contributed by atoms with E-state index in [9.17, 15) is 9.18 Å². The number of tetrazole rings is 1. The molecule has 0 bridgehead atoms. The summed E-state index contributed by atoms with van der Waals surface area (Å²) >= 11 is 4.28. The molecule has 2 heterocycles. The molecular formula is C18H15FN6OS3. The van der Waals surface area contributed by atoms with Crippen molar-refractivity contribution >= 4 is 56.7 Å². The van der Waals surface area contributed by atoms with Crippen LogP contribution in [0.15, 0.2) is 52.0 Å². The molecule has 7 nitrogen and oxygen atoms in total. The predicted octanol–water partition coefficient (Wildman–Crippen LogP) is 3.98. The topological polar surface area (TPSA) is 85.6 Å². The summed E-state index contributed by atoms with van der Waals surface area (Å²) in [5.74, 6) is 0.375. The van der Waals surface area contributed by atoms with Gasteiger partial charge >= 0.3 is 0 Å². The van der Waals surface area contributed by atoms with E-state index in [4.69, 9.17) is 0 Å². The molecule has 0 atom stereocenters. The van der Waals surface area contributed by atoms with Gasteiger partial charge in [0, 0.05) is 18.5 Å². The number of fused-ring (bicyclic) bond motifs is 1. The van der Waals surface area contributed by atoms with E-state index in [2.05, 4.69) is 25.8 Å². The lowest BCUT2D eigenvalue weighted by molar-refractivity contribution is -0.113. The zero-order valence-electron chi connectivity index (χ0n) is 15.2. The van der Waals surface area contributed by atoms with Crippen molar-refractivity contribution < 1.29 is 9.18 Å². The highest BCUT2D eigenvalue weighted by molar-refractivity contribution is 8.00. The van der Waals surface area contributed by atoms with E-state index >= 15 is 0 Å². The standard InChI is InChI=1S/C18H15FN6OS3/c1-25-17(22-23-24-25)27-10-16(26)20-12-6-7-14-15(8-12)29-18(21-14)28-9-11-4-2-3-5-13(11)19/h2-8H,9-10H2,1H3,(H,20,26). The maximum Gasteiger partial charge on any atom is 0.234 e. The third-order valence-electron chi connectivity index (χ3n) is 3.88. The Morgan fingerprint density at radius 2 is 2.10 bits per heavy atom. The van der Waals surface area contributed by atoms with Crippen LogP contribution >= 0.6 is 34.9 Å². The first kappa shape index (κ1) is 19.8. The minimum Gasteiger partial charge on any atom is -0.325 e. The second-order valence-corrected chi connectivity index (χ2v) is 9.16. The van der Waals surface area contributed by atoms with Gasteiger partial charge in [-0.3, -0.25) is 4.79 Å². The van der Waals surface area contributed by atoms with Gasteiger partial charge in [-0.15, -0.1) is 16.4 Å². The number of carbonyl (C=O) groups excluding carboxylic acids is 1. The maximum absolute atomic E-state index is 13.8. The van der Waals surface area contributed by atoms with Crippen molar-refractivity contribution in [3.63, 3.8) is 0 Å². The van der Waals surface area contributed by atoms with Gasteiger partial charge < -0.3 is 5.32 Å². The summed E-state index contributed by atoms with van der Waals surface area (Å²) in [5, 5.41) is 14.6. The van der Waals surface area contributed by atoms with Gasteiger partial charge in [0.1, 0.15) is 5.82 Å². The van der Waals surface area contributed by atoms with Gasteiger partial charge in [0.2, 0.25) is 11.1 Å². The van der Waals surface area contributed by atoms with Crippen molar-refractivity contribution in [2.24, 2.45) is 7.05 Å². The highest BCUT2D eigenvalue weighted by Crippen LogP contribution is 2.33. The first-order chi connectivity index (χ1) is 14.1. The Bertz CT molecular complexity index is 1160. The van der Waals surface area contributed by atoms with Gasteiger partial charge in [0.25, 0.3) is 0 Å². The molecule has 1 amide bonds. The summed E-state index contributed by atoms with van der Waals surface area (Å²) in [5.41, 5.74) is 2.21. The molecule has 0 aliphatic carbocycles. The monoisotopic (exact) mass is 446 g/mol. The van der Waals surface area contributed by atoms with Crippen molar-refractivity contribution in [3.05, 3.63) is 53.8 Å². The second kappa shape index (κ2) is 8.89. The van der Waals surface area contributed by atoms with Crippen LogP contribution in [0.4, 0.5) is 10.1 Å². The zero-order valence-corrected chi connectivity index (χ0v) is 17.7. The lowest BCUT2D eigenvalue weighted by Crippen LogP contribution is -2.14. The van der Waals surface area contributed by atoms with Crippen LogP contribution in [0.5, 0.6) is 0 Å². The average Bonchev–Trinajstić information content (AvgIpc) is 3.31. The molecule has 4 aromatic rings. The van der Waals surface area contributed by atoms with Gasteiger partial charge in [-0.2, -0.15) is 0 Å². The van der Waals surface area contributed by atoms with Gasteiger partial charge in [-0.05, 0) is 40.3 Å². The van der Waals surface area contributed by atoms with Crippen molar-refractivity contribution in [1.82, 2.24) is 25.2 Å². The molecule has 29 heavy (non-hydrogen) atoms. The second-order valence-electron chi connectivity index (χ2n) is 5.96. The molecule has 0 aliphatic heterocycles. The Balaban J connectivity index is 1.38. The molecule has 148 valence electrons. The molecule has 11 heteroatoms. The van der Waals surface area contributed by atoms with Crippen LogP contribution in [0.2, 0.25) is 0 Å². The number of hydrogen-bond donors (Lipinski definition) is 1. The number of hydrogen-bond acceptors (Lipinski definition) is 8. The number of benzene rings is 2. The smallest absolute Gasteiger partial charge is 0.234 e. The molecule has 0 fully saturated rings. The SMILES string of the molecule is Cn1nnnc1SCC(=O)Nc1ccc2nc(SCc3ccccc3F)sc2c1. The number of nitrogens with zero attached hydrogens (tertiary/aromatic N) is 5. The predicted molar refractivity (Wildman–Crippen MR) is 114 cm³/mol. The van der Waals surface area contributed by atoms with Gasteiger partial charge in [-0.25, -0.2) is 14.1 Å². The summed E-state index contributed by atoms with van der Waals surface area (Å²) in [6.45, 7) is 0. The van der Waals surface area contributed by atoms with Crippen LogP contribution in [-0.2, 0) is 17.6 Å². The van der Waals surface area contributed by atoms with Gasteiger partial charge in [-0.1, -0.05) is 41.7 Å². The third-order valence-corrected chi connectivity index (χ3v) is 7.10. The number of aryl methyl sites for hydroxylation is 1. The van der Waals surface area contributed by atoms with Crippen LogP contribution in [0.1, 0.15) is 5.56 Å². The Kier molecular flexibility index (Phi) is 6.07. The van der Waals surface area contributed by atoms with Gasteiger partial charge in [0.15, 0.2) is 4.34 Å². The van der Waals surface area contributed by atoms with E-state index in [0.717, 1.165) is 14.6 Å². The molecule has 0 radical (unpaired) electrons. The number of rotatable bonds is 7. The minimum absolute atomic E-state index is 0.143. The molecule has 0 aliphatic rings. The number of amides is 1. The molecule has 0 saturated heterocycles. The van der Waals surface area contributed by atoms with Gasteiger partial charge in [0.05, 0.1) is 16.0 Å². The number of thiazole rings is 1. The van der Waals surface area contributed by atoms with E-state index in [-0.39, 0.29) is 17.5 Å². The summed E-state index contributed by atoms with van der Waals surface area (Å²) in [7, 11) is 1.72. The quantitative estimate of drug-likeness (QED) is 0.430. The number of nitrogens with one attached hydrogen (secondary N) is 1. The molecule has 0 unspecified atom stereocenters. The lowest BCUT2D eigenvalue weighted by Gasteiger charge is -2.04. The largest absolute Gasteiger partial charge is 0.325 e. The first-order valence-corrected chi connectivity index (χ1v) is 11.3. The normalized spacial score (nSPS) is 11.1. The molecule has 4 rings (SSSR count). The Hall–Kier alpha value is -2.50. The molecule has 0 saturated carbocycles. The molecule has 2 aromatic carbocycles. The third kappa shape index (κ3) is 4.92. The Labute approximate surface area is 178 Å². The number of thioether (sulfide) groups is 2. The van der Waals surface area contributed by atoms with E-state index in [0.29, 0.717) is 22.2 Å². The van der Waals surface area contributed by atoms with E-state index in [1.807, 2.05) is 24.3 Å². The fourth-order valence-corrected chi connectivity index (χ4v) is 5.21. The summed E-state index contributed by atoms with van der Waals surface area (Å²) in [4.78, 5) is 16.8. The van der Waals surface area contributed by atoms with Crippen LogP contribution in [-0.4, -0.2) is 36.9 Å². The Morgan fingerprint density at radius 3 is 2.90 bits per heavy atom. The zero-order chi connectivity index (χ0) is 20.2. The van der Waals surface area contributed by atoms with Crippen LogP contribution < -0.4 is 5.32 Å². The molecule has 2 aromatic heterocycles. The van der Waals surface area contributed by atoms with Crippen molar-refractivity contribution in [3.8, 4) is 0 Å². The average molecular weight is 447 g/mol. The van der Waals surface area contributed by atoms with Crippen LogP contribution in [0.3, 0.4) is 0 Å². The number of halogens is 1. The highest BCUT2D eigenvalue weighted by Gasteiger charge is 2.11. The number of carbonyl (C=O) groups is 1. The van der Waals surface area contributed by atoms with Crippen molar-refractivity contribution in [2.45, 2.75) is 15.2 Å². The van der Waals surface area contributed by atoms with E-state index < -0.39 is 0 Å². The number of aromatic nitrogens is 5. The maximum atomic E-state index is 13.8. The minimum atomic E-state index is -0.207. The number of anilines is 1. The summed E-state index contributed by atoms with van der Waals surface area (Å²) < 4.78 is 17.1. The summed E-state index contributed by atoms with van der Waals surface area (Å²) in [6, 6.07) is 12.3. The molecular weight excluding hydrogens is 431 g/mol. The summed E-state index contributed by atoms with van der Waals surface area (Å²) in [6.07, 6.45) is 0. The van der Waals surface area contributed by atoms with E-state index in [1.54, 1.807) is 19.2 Å². The van der Waals surface area contributed by atoms with Crippen molar-refractivity contribution in [2.75, 3.05) is 11.1 Å². The van der Waals surface area contributed by atoms with Crippen LogP contribution in [0, 0.1) is 5.82 Å². The highest BCUT2D eigenvalue weighted by atomic mass is 32.2. The lowest BCUT2D eigenvalue weighted by atomic mass is 10.2. The van der Waals surface area contributed by atoms with Crippen molar-refractivity contribution in [1.29, 1.82) is 0 Å². The fraction of sp³-hybridized carbons (Fsp3) is 0.167. The fourth-order valence-electron chi connectivity index (χ4n) is 2.47. The van der Waals surface area contributed by atoms with Crippen LogP contribution in [0.25, 0.3) is 10.2 Å². The van der Waals surface area contributed by atoms with E-state index in [1.165, 1.54) is 45.6 Å². The molecule has 1 N–H and O–H groups in total. The Morgan fingerprint density at radius 1 is 1.24 bits per heavy atom.